The van der Waals surface area contributed by atoms with Crippen LogP contribution in [-0.2, 0) is 0 Å². The fourth-order valence-corrected chi connectivity index (χ4v) is 1.45. The number of hydrogen-bond acceptors (Lipinski definition) is 4. The molecule has 1 heterocycles. The van der Waals surface area contributed by atoms with E-state index < -0.39 is 0 Å². The fourth-order valence-electron chi connectivity index (χ4n) is 1.45. The Morgan fingerprint density at radius 1 is 1.19 bits per heavy atom. The molecule has 1 aromatic carbocycles. The number of hydrogen-bond donors (Lipinski definition) is 2. The van der Waals surface area contributed by atoms with Crippen LogP contribution in [0, 0.1) is 0 Å². The van der Waals surface area contributed by atoms with Gasteiger partial charge in [0.1, 0.15) is 0 Å². The predicted molar refractivity (Wildman–Crippen MR) is 61.5 cm³/mol. The number of nitrogens with zero attached hydrogens (tertiary/aromatic N) is 2. The van der Waals surface area contributed by atoms with Crippen LogP contribution in [-0.4, -0.2) is 21.7 Å². The van der Waals surface area contributed by atoms with E-state index in [9.17, 15) is 0 Å². The van der Waals surface area contributed by atoms with E-state index in [1.54, 1.807) is 18.6 Å². The van der Waals surface area contributed by atoms with Crippen molar-refractivity contribution in [3.8, 4) is 11.3 Å². The Labute approximate surface area is 93.8 Å². The number of aromatic nitrogens is 2. The molecule has 0 aliphatic rings. The molecule has 4 nitrogen and oxygen atoms in total. The maximum atomic E-state index is 8.93. The molecule has 0 aliphatic heterocycles. The van der Waals surface area contributed by atoms with Crippen LogP contribution in [0.2, 0.25) is 0 Å². The lowest BCUT2D eigenvalue weighted by Crippen LogP contribution is -2.14. The number of nitrogens with two attached hydrogens (primary N) is 1. The van der Waals surface area contributed by atoms with Gasteiger partial charge in [0.05, 0.1) is 24.5 Å². The number of rotatable bonds is 3. The van der Waals surface area contributed by atoms with E-state index >= 15 is 0 Å². The van der Waals surface area contributed by atoms with Crippen molar-refractivity contribution in [3.63, 3.8) is 0 Å². The first-order chi connectivity index (χ1) is 7.81. The van der Waals surface area contributed by atoms with Gasteiger partial charge in [-0.05, 0) is 5.56 Å². The third-order valence-electron chi connectivity index (χ3n) is 2.39. The smallest absolute Gasteiger partial charge is 0.0885 e. The first-order valence-electron chi connectivity index (χ1n) is 5.04. The summed E-state index contributed by atoms with van der Waals surface area (Å²) in [5, 5.41) is 8.93. The Morgan fingerprint density at radius 2 is 1.94 bits per heavy atom. The van der Waals surface area contributed by atoms with Crippen molar-refractivity contribution in [2.75, 3.05) is 6.61 Å². The van der Waals surface area contributed by atoms with Gasteiger partial charge in [-0.1, -0.05) is 24.3 Å². The molecule has 3 N–H and O–H groups in total. The summed E-state index contributed by atoms with van der Waals surface area (Å²) in [6.45, 7) is -0.0511. The van der Waals surface area contributed by atoms with E-state index in [2.05, 4.69) is 9.97 Å². The molecule has 1 aromatic heterocycles. The Balaban J connectivity index is 2.26. The van der Waals surface area contributed by atoms with Gasteiger partial charge in [-0.2, -0.15) is 0 Å². The van der Waals surface area contributed by atoms with Crippen LogP contribution < -0.4 is 5.73 Å². The zero-order valence-corrected chi connectivity index (χ0v) is 8.74. The molecule has 0 amide bonds. The highest BCUT2D eigenvalue weighted by molar-refractivity contribution is 5.58. The SMILES string of the molecule is N[C@@H](CO)c1ccc(-c2cnccn2)cc1. The third kappa shape index (κ3) is 2.24. The minimum atomic E-state index is -0.323. The average Bonchev–Trinajstić information content (AvgIpc) is 2.39. The molecular weight excluding hydrogens is 202 g/mol. The topological polar surface area (TPSA) is 72.0 Å². The largest absolute Gasteiger partial charge is 0.394 e. The van der Waals surface area contributed by atoms with Crippen LogP contribution >= 0.6 is 0 Å². The van der Waals surface area contributed by atoms with Crippen LogP contribution in [0.4, 0.5) is 0 Å². The molecule has 0 fully saturated rings. The van der Waals surface area contributed by atoms with Gasteiger partial charge >= 0.3 is 0 Å². The normalized spacial score (nSPS) is 12.4. The molecule has 82 valence electrons. The Bertz CT molecular complexity index is 442. The van der Waals surface area contributed by atoms with Crippen molar-refractivity contribution in [3.05, 3.63) is 48.4 Å². The van der Waals surface area contributed by atoms with Gasteiger partial charge in [-0.15, -0.1) is 0 Å². The Hall–Kier alpha value is -1.78. The summed E-state index contributed by atoms with van der Waals surface area (Å²) in [5.74, 6) is 0. The number of benzene rings is 1. The summed E-state index contributed by atoms with van der Waals surface area (Å²) in [4.78, 5) is 8.21. The van der Waals surface area contributed by atoms with E-state index in [4.69, 9.17) is 10.8 Å². The molecule has 2 rings (SSSR count). The molecular formula is C12H13N3O. The Morgan fingerprint density at radius 3 is 2.50 bits per heavy atom. The van der Waals surface area contributed by atoms with Crippen LogP contribution in [0.25, 0.3) is 11.3 Å². The summed E-state index contributed by atoms with van der Waals surface area (Å²) in [6.07, 6.45) is 5.00. The number of aliphatic hydroxyl groups excluding tert-OH is 1. The standard InChI is InChI=1S/C12H13N3O/c13-11(8-16)9-1-3-10(4-2-9)12-7-14-5-6-15-12/h1-7,11,16H,8,13H2/t11-/m0/s1. The lowest BCUT2D eigenvalue weighted by Gasteiger charge is -2.08. The van der Waals surface area contributed by atoms with Crippen molar-refractivity contribution >= 4 is 0 Å². The van der Waals surface area contributed by atoms with Crippen molar-refractivity contribution in [1.29, 1.82) is 0 Å². The molecule has 2 aromatic rings. The van der Waals surface area contributed by atoms with Crippen molar-refractivity contribution in [1.82, 2.24) is 9.97 Å². The van der Waals surface area contributed by atoms with Crippen LogP contribution in [0.3, 0.4) is 0 Å². The highest BCUT2D eigenvalue weighted by Crippen LogP contribution is 2.18. The summed E-state index contributed by atoms with van der Waals surface area (Å²) in [6, 6.07) is 7.32. The van der Waals surface area contributed by atoms with E-state index in [1.807, 2.05) is 24.3 Å². The van der Waals surface area contributed by atoms with Gasteiger partial charge in [0.2, 0.25) is 0 Å². The molecule has 0 bridgehead atoms. The van der Waals surface area contributed by atoms with Gasteiger partial charge in [-0.25, -0.2) is 0 Å². The molecule has 0 spiro atoms. The molecule has 0 aliphatic carbocycles. The quantitative estimate of drug-likeness (QED) is 0.805. The molecule has 4 heteroatoms. The minimum absolute atomic E-state index is 0.0511. The van der Waals surface area contributed by atoms with Crippen molar-refractivity contribution in [2.45, 2.75) is 6.04 Å². The predicted octanol–water partition coefficient (Wildman–Crippen LogP) is 1.14. The lowest BCUT2D eigenvalue weighted by molar-refractivity contribution is 0.268. The second-order valence-electron chi connectivity index (χ2n) is 3.50. The van der Waals surface area contributed by atoms with Crippen LogP contribution in [0.1, 0.15) is 11.6 Å². The highest BCUT2D eigenvalue weighted by atomic mass is 16.3. The van der Waals surface area contributed by atoms with Crippen molar-refractivity contribution in [2.24, 2.45) is 5.73 Å². The summed E-state index contributed by atoms with van der Waals surface area (Å²) in [7, 11) is 0. The second-order valence-corrected chi connectivity index (χ2v) is 3.50. The van der Waals surface area contributed by atoms with E-state index in [0.717, 1.165) is 16.8 Å². The fraction of sp³-hybridized carbons (Fsp3) is 0.167. The maximum Gasteiger partial charge on any atom is 0.0885 e. The van der Waals surface area contributed by atoms with E-state index in [-0.39, 0.29) is 12.6 Å². The molecule has 0 saturated heterocycles. The minimum Gasteiger partial charge on any atom is -0.394 e. The zero-order valence-electron chi connectivity index (χ0n) is 8.74. The molecule has 0 unspecified atom stereocenters. The summed E-state index contributed by atoms with van der Waals surface area (Å²) < 4.78 is 0. The first kappa shape index (κ1) is 10.7. The first-order valence-corrected chi connectivity index (χ1v) is 5.04. The molecule has 1 atom stereocenters. The van der Waals surface area contributed by atoms with Crippen molar-refractivity contribution < 1.29 is 5.11 Å². The Kier molecular flexibility index (Phi) is 3.24. The second kappa shape index (κ2) is 4.83. The van der Waals surface area contributed by atoms with Gasteiger partial charge in [0, 0.05) is 18.0 Å². The summed E-state index contributed by atoms with van der Waals surface area (Å²) >= 11 is 0. The molecule has 0 radical (unpaired) electrons. The van der Waals surface area contributed by atoms with E-state index in [1.165, 1.54) is 0 Å². The average molecular weight is 215 g/mol. The van der Waals surface area contributed by atoms with Crippen LogP contribution in [0.15, 0.2) is 42.9 Å². The lowest BCUT2D eigenvalue weighted by atomic mass is 10.0. The zero-order chi connectivity index (χ0) is 11.4. The molecule has 0 saturated carbocycles. The van der Waals surface area contributed by atoms with E-state index in [0.29, 0.717) is 0 Å². The monoisotopic (exact) mass is 215 g/mol. The number of aliphatic hydroxyl groups is 1. The van der Waals surface area contributed by atoms with Gasteiger partial charge in [0.25, 0.3) is 0 Å². The van der Waals surface area contributed by atoms with Gasteiger partial charge in [-0.3, -0.25) is 9.97 Å². The van der Waals surface area contributed by atoms with Crippen LogP contribution in [0.5, 0.6) is 0 Å². The highest BCUT2D eigenvalue weighted by Gasteiger charge is 2.04. The summed E-state index contributed by atoms with van der Waals surface area (Å²) in [5.41, 5.74) is 8.43. The third-order valence-corrected chi connectivity index (χ3v) is 2.39. The molecule has 16 heavy (non-hydrogen) atoms. The van der Waals surface area contributed by atoms with Gasteiger partial charge in [0.15, 0.2) is 0 Å². The van der Waals surface area contributed by atoms with Gasteiger partial charge < -0.3 is 10.8 Å². The maximum absolute atomic E-state index is 8.93.